The van der Waals surface area contributed by atoms with Gasteiger partial charge in [-0.25, -0.2) is 9.59 Å². The van der Waals surface area contributed by atoms with Crippen LogP contribution in [0.3, 0.4) is 0 Å². The fourth-order valence-electron chi connectivity index (χ4n) is 20.2. The Morgan fingerprint density at radius 3 is 1.14 bits per heavy atom. The second-order valence-electron chi connectivity index (χ2n) is 31.4. The minimum atomic E-state index is -0.489. The fourth-order valence-corrected chi connectivity index (χ4v) is 21.1. The lowest BCUT2D eigenvalue weighted by Crippen LogP contribution is -2.37. The Labute approximate surface area is 520 Å². The number of amides is 1. The van der Waals surface area contributed by atoms with Crippen LogP contribution in [0, 0.1) is 130 Å². The number of hydrogen-bond acceptors (Lipinski definition) is 11. The first kappa shape index (κ1) is 60.4. The Hall–Kier alpha value is -3.13. The van der Waals surface area contributed by atoms with Gasteiger partial charge < -0.3 is 42.8 Å². The highest BCUT2D eigenvalue weighted by molar-refractivity contribution is 8.06. The van der Waals surface area contributed by atoms with Crippen LogP contribution in [0.25, 0.3) is 0 Å². The van der Waals surface area contributed by atoms with Crippen LogP contribution in [0.5, 0.6) is 0 Å². The molecule has 13 fully saturated rings. The average molecular weight is 1200 g/mol. The Morgan fingerprint density at radius 2 is 0.849 bits per heavy atom. The van der Waals surface area contributed by atoms with Crippen molar-refractivity contribution in [1.29, 1.82) is 0 Å². The summed E-state index contributed by atoms with van der Waals surface area (Å²) in [4.78, 5) is 23.8. The van der Waals surface area contributed by atoms with Gasteiger partial charge in [0.2, 0.25) is 0 Å². The van der Waals surface area contributed by atoms with E-state index in [1.54, 1.807) is 4.90 Å². The molecule has 86 heavy (non-hydrogen) atoms. The van der Waals surface area contributed by atoms with Crippen LogP contribution in [0.4, 0.5) is 9.59 Å². The van der Waals surface area contributed by atoms with E-state index in [-0.39, 0.29) is 23.8 Å². The average Bonchev–Trinajstić information content (AvgIpc) is 3.43. The Morgan fingerprint density at radius 1 is 0.465 bits per heavy atom. The minimum Gasteiger partial charge on any atom is -0.447 e. The molecule has 0 spiro atoms. The van der Waals surface area contributed by atoms with Crippen LogP contribution in [0.1, 0.15) is 138 Å². The molecule has 6 aliphatic heterocycles. The summed E-state index contributed by atoms with van der Waals surface area (Å²) >= 11 is 2.17. The summed E-state index contributed by atoms with van der Waals surface area (Å²) in [6, 6.07) is 0.322. The van der Waals surface area contributed by atoms with Crippen molar-refractivity contribution in [3.05, 3.63) is 85.1 Å². The van der Waals surface area contributed by atoms with Gasteiger partial charge in [-0.05, 0) is 242 Å². The second kappa shape index (κ2) is 25.2. The molecule has 0 aromatic heterocycles. The molecule has 0 N–H and O–H groups in total. The molecule has 0 radical (unpaired) electrons. The molecule has 6 saturated heterocycles. The highest BCUT2D eigenvalue weighted by atomic mass is 32.2. The lowest BCUT2D eigenvalue weighted by Gasteiger charge is -2.27. The zero-order valence-electron chi connectivity index (χ0n) is 53.0. The third kappa shape index (κ3) is 13.4. The van der Waals surface area contributed by atoms with Crippen LogP contribution >= 0.6 is 11.8 Å². The molecule has 7 saturated carbocycles. The molecule has 12 heteroatoms. The van der Waals surface area contributed by atoms with Crippen molar-refractivity contribution in [2.24, 2.45) is 130 Å². The van der Waals surface area contributed by atoms with Crippen LogP contribution in [0.15, 0.2) is 85.1 Å². The van der Waals surface area contributed by atoms with Gasteiger partial charge >= 0.3 is 12.2 Å². The molecule has 11 nitrogen and oxygen atoms in total. The van der Waals surface area contributed by atoms with Crippen molar-refractivity contribution in [1.82, 2.24) is 4.90 Å². The summed E-state index contributed by atoms with van der Waals surface area (Å²) in [5, 5.41) is 1.07. The number of fused-ring (bicyclic) bond motifs is 14. The zero-order valence-corrected chi connectivity index (χ0v) is 53.9. The molecule has 1 amide bonds. The predicted octanol–water partition coefficient (Wildman–Crippen LogP) is 15.2. The zero-order chi connectivity index (χ0) is 59.0. The van der Waals surface area contributed by atoms with E-state index in [9.17, 15) is 9.59 Å². The number of allylic oxidation sites excluding steroid dienone is 14. The summed E-state index contributed by atoms with van der Waals surface area (Å²) < 4.78 is 43.4. The second-order valence-corrected chi connectivity index (χ2v) is 32.7. The summed E-state index contributed by atoms with van der Waals surface area (Å²) in [7, 11) is 1.86. The number of carbonyl (C=O) groups is 2. The van der Waals surface area contributed by atoms with E-state index in [4.69, 9.17) is 37.9 Å². The molecular formula is C74H105NO10S. The Balaban J connectivity index is 0.0000000890. The largest absolute Gasteiger partial charge is 0.508 e. The third-order valence-corrected chi connectivity index (χ3v) is 26.2. The first-order valence-corrected chi connectivity index (χ1v) is 36.0. The first-order valence-electron chi connectivity index (χ1n) is 34.9. The van der Waals surface area contributed by atoms with Crippen molar-refractivity contribution < 1.29 is 47.5 Å². The third-order valence-electron chi connectivity index (χ3n) is 25.1. The lowest BCUT2D eigenvalue weighted by molar-refractivity contribution is -0.146. The molecule has 14 bridgehead atoms. The first-order chi connectivity index (χ1) is 41.5. The molecule has 0 aromatic carbocycles. The highest BCUT2D eigenvalue weighted by Crippen LogP contribution is 2.55. The Kier molecular flexibility index (Phi) is 17.7. The summed E-state index contributed by atoms with van der Waals surface area (Å²) in [5.41, 5.74) is 0. The topological polar surface area (TPSA) is 115 Å². The van der Waals surface area contributed by atoms with Crippen LogP contribution in [-0.2, 0) is 37.9 Å². The van der Waals surface area contributed by atoms with E-state index >= 15 is 0 Å². The molecular weight excluding hydrogens is 1090 g/mol. The van der Waals surface area contributed by atoms with E-state index in [1.165, 1.54) is 102 Å². The van der Waals surface area contributed by atoms with E-state index in [2.05, 4.69) is 111 Å². The van der Waals surface area contributed by atoms with Gasteiger partial charge in [-0.2, -0.15) is 11.8 Å². The standard InChI is InChI=1S/2C12H18O2.C11H15NO2.C11H18.C10H12O3.C9H12O.C9H12S/c2*1-12(2)13-7-11(14-12)10-6-8-3-4-9(10)5-8;1-12-10(6-14-11(12)13)9-5-7-2-3-8(9)4-7;1-3-8(2)11-7-9-4-5-10(11)6-9;11-10-12-5-9(13-10)8-4-6-1-2-7(8)3-6;2*1-2-7-3-6(1)4-8(7)9-5-10-9/h2*3-4,8-11H,5-7H2,1-2H3;2-3,7-10H,4-6H2,1H3;4-5,8-11H,3,6-7H2,1-2H3;1-2,6-9H,3-5H2;2*1-2,6-9H,3-5H2. The number of carbonyl (C=O) groups excluding carboxylic acids is 2. The van der Waals surface area contributed by atoms with Crippen molar-refractivity contribution in [2.45, 2.75) is 185 Å². The molecule has 20 rings (SSSR count). The van der Waals surface area contributed by atoms with Gasteiger partial charge in [0.1, 0.15) is 19.3 Å². The van der Waals surface area contributed by atoms with Gasteiger partial charge in [-0.1, -0.05) is 105 Å². The maximum atomic E-state index is 11.2. The Bertz CT molecular complexity index is 2530. The van der Waals surface area contributed by atoms with E-state index in [0.29, 0.717) is 73.1 Å². The molecule has 14 aliphatic carbocycles. The number of ether oxygens (including phenoxy) is 8. The summed E-state index contributed by atoms with van der Waals surface area (Å²) in [5.74, 6) is 19.0. The molecule has 0 aromatic rings. The minimum absolute atomic E-state index is 0.0208. The fraction of sp³-hybridized carbons (Fsp3) is 0.784. The lowest BCUT2D eigenvalue weighted by atomic mass is 9.82. The van der Waals surface area contributed by atoms with Gasteiger partial charge in [0.15, 0.2) is 11.6 Å². The molecule has 472 valence electrons. The van der Waals surface area contributed by atoms with Crippen LogP contribution < -0.4 is 0 Å². The van der Waals surface area contributed by atoms with E-state index < -0.39 is 6.16 Å². The highest BCUT2D eigenvalue weighted by Gasteiger charge is 2.51. The number of thioether (sulfide) groups is 1. The molecule has 28 unspecified atom stereocenters. The maximum absolute atomic E-state index is 11.2. The monoisotopic (exact) mass is 1200 g/mol. The van der Waals surface area contributed by atoms with Gasteiger partial charge in [0, 0.05) is 24.0 Å². The van der Waals surface area contributed by atoms with Gasteiger partial charge in [-0.15, -0.1) is 0 Å². The number of hydrogen-bond donors (Lipinski definition) is 0. The molecule has 28 atom stereocenters. The number of likely N-dealkylation sites (N-methyl/N-ethyl adjacent to an activating group) is 1. The summed E-state index contributed by atoms with van der Waals surface area (Å²) in [6.45, 7) is 16.4. The van der Waals surface area contributed by atoms with Gasteiger partial charge in [0.25, 0.3) is 0 Å². The van der Waals surface area contributed by atoms with Gasteiger partial charge in [-0.3, -0.25) is 0 Å². The van der Waals surface area contributed by atoms with E-state index in [1.807, 2.05) is 34.7 Å². The predicted molar refractivity (Wildman–Crippen MR) is 336 cm³/mol. The number of nitrogens with zero attached hydrogens (tertiary/aromatic N) is 1. The SMILES string of the molecule is C1=CC2CC1CC2C1CO1.C1=CC2CC1CC2C1CS1.CC1(C)OCC(C2CC3C=CC2C3)O1.CC1(C)OCC(C2CC3C=CC2C3)O1.CCC(C)C1CC2C=CC1C2.CN1C(=O)OCC1C1CC2C=CC1C2.O=C1OCC(C2CC3C=CC2C3)O1. The number of rotatable bonds is 8. The smallest absolute Gasteiger partial charge is 0.447 e. The quantitative estimate of drug-likeness (QED) is 0.131. The number of cyclic esters (lactones) is 3. The number of epoxide rings is 1. The maximum Gasteiger partial charge on any atom is 0.508 e. The summed E-state index contributed by atoms with van der Waals surface area (Å²) in [6.07, 6.45) is 54.5. The van der Waals surface area contributed by atoms with Crippen molar-refractivity contribution in [3.8, 4) is 0 Å². The normalized spacial score (nSPS) is 48.9. The van der Waals surface area contributed by atoms with Crippen LogP contribution in [-0.4, -0.2) is 110 Å². The molecule has 20 aliphatic rings. The van der Waals surface area contributed by atoms with Crippen LogP contribution in [0.2, 0.25) is 0 Å². The molecule has 6 heterocycles. The van der Waals surface area contributed by atoms with E-state index in [0.717, 1.165) is 120 Å². The van der Waals surface area contributed by atoms with Crippen molar-refractivity contribution in [2.75, 3.05) is 45.8 Å². The van der Waals surface area contributed by atoms with Gasteiger partial charge in [0.05, 0.1) is 44.2 Å². The van der Waals surface area contributed by atoms with Crippen molar-refractivity contribution in [3.63, 3.8) is 0 Å². The van der Waals surface area contributed by atoms with Crippen molar-refractivity contribution >= 4 is 24.0 Å².